The fourth-order valence-corrected chi connectivity index (χ4v) is 1.95. The Bertz CT molecular complexity index is 223. The molecule has 0 aromatic heterocycles. The Kier molecular flexibility index (Phi) is 8.57. The fourth-order valence-electron chi connectivity index (χ4n) is 1.95. The number of methoxy groups -OCH3 is 1. The number of nitrogens with one attached hydrogen (secondary N) is 1. The van der Waals surface area contributed by atoms with E-state index in [-0.39, 0.29) is 12.1 Å². The van der Waals surface area contributed by atoms with E-state index in [1.807, 2.05) is 0 Å². The Labute approximate surface area is 116 Å². The van der Waals surface area contributed by atoms with Crippen LogP contribution in [-0.2, 0) is 14.2 Å². The van der Waals surface area contributed by atoms with E-state index in [9.17, 15) is 5.11 Å². The van der Waals surface area contributed by atoms with Crippen molar-refractivity contribution in [2.24, 2.45) is 0 Å². The predicted octanol–water partition coefficient (Wildman–Crippen LogP) is 0.949. The van der Waals surface area contributed by atoms with Crippen molar-refractivity contribution >= 4 is 0 Å². The zero-order valence-corrected chi connectivity index (χ0v) is 12.3. The van der Waals surface area contributed by atoms with Gasteiger partial charge in [0, 0.05) is 25.3 Å². The molecule has 1 saturated carbocycles. The van der Waals surface area contributed by atoms with E-state index in [0.717, 1.165) is 19.4 Å². The van der Waals surface area contributed by atoms with Gasteiger partial charge in [-0.25, -0.2) is 0 Å². The number of rotatable bonds is 13. The van der Waals surface area contributed by atoms with Gasteiger partial charge in [0.1, 0.15) is 0 Å². The Morgan fingerprint density at radius 3 is 2.32 bits per heavy atom. The van der Waals surface area contributed by atoms with E-state index in [2.05, 4.69) is 12.2 Å². The molecule has 0 heterocycles. The lowest BCUT2D eigenvalue weighted by Crippen LogP contribution is -2.47. The van der Waals surface area contributed by atoms with Crippen molar-refractivity contribution in [3.8, 4) is 0 Å². The molecule has 1 fully saturated rings. The molecule has 1 unspecified atom stereocenters. The summed E-state index contributed by atoms with van der Waals surface area (Å²) in [6.45, 7) is 5.46. The van der Waals surface area contributed by atoms with Crippen LogP contribution in [0.2, 0.25) is 0 Å². The highest BCUT2D eigenvalue weighted by Gasteiger charge is 2.31. The normalized spacial score (nSPS) is 18.5. The van der Waals surface area contributed by atoms with Crippen LogP contribution in [0.15, 0.2) is 0 Å². The molecule has 1 atom stereocenters. The summed E-state index contributed by atoms with van der Waals surface area (Å²) in [6, 6.07) is 0.618. The van der Waals surface area contributed by atoms with E-state index >= 15 is 0 Å². The van der Waals surface area contributed by atoms with Gasteiger partial charge >= 0.3 is 0 Å². The van der Waals surface area contributed by atoms with Gasteiger partial charge in [-0.3, -0.25) is 0 Å². The van der Waals surface area contributed by atoms with Gasteiger partial charge in [-0.1, -0.05) is 0 Å². The Morgan fingerprint density at radius 1 is 1.11 bits per heavy atom. The minimum atomic E-state index is -0.153. The summed E-state index contributed by atoms with van der Waals surface area (Å²) in [7, 11) is 1.66. The fraction of sp³-hybridized carbons (Fsp3) is 1.00. The van der Waals surface area contributed by atoms with Crippen LogP contribution in [0.3, 0.4) is 0 Å². The van der Waals surface area contributed by atoms with E-state index in [0.29, 0.717) is 32.5 Å². The first-order valence-electron chi connectivity index (χ1n) is 7.23. The van der Waals surface area contributed by atoms with Crippen LogP contribution in [0.1, 0.15) is 32.6 Å². The van der Waals surface area contributed by atoms with Gasteiger partial charge in [-0.15, -0.1) is 0 Å². The van der Waals surface area contributed by atoms with Gasteiger partial charge in [0.05, 0.1) is 33.0 Å². The molecular weight excluding hydrogens is 246 g/mol. The molecule has 0 saturated heterocycles. The van der Waals surface area contributed by atoms with Gasteiger partial charge in [0.15, 0.2) is 0 Å². The number of hydrogen-bond acceptors (Lipinski definition) is 5. The van der Waals surface area contributed by atoms with Crippen molar-refractivity contribution in [3.05, 3.63) is 0 Å². The monoisotopic (exact) mass is 275 g/mol. The second-order valence-electron chi connectivity index (χ2n) is 5.46. The maximum atomic E-state index is 9.45. The molecule has 0 amide bonds. The molecule has 1 aliphatic rings. The van der Waals surface area contributed by atoms with E-state index in [1.54, 1.807) is 7.11 Å². The number of ether oxygens (including phenoxy) is 3. The third-order valence-electron chi connectivity index (χ3n) is 3.30. The maximum absolute atomic E-state index is 9.45. The first kappa shape index (κ1) is 16.9. The third kappa shape index (κ3) is 8.55. The van der Waals surface area contributed by atoms with Crippen LogP contribution in [0.5, 0.6) is 0 Å². The summed E-state index contributed by atoms with van der Waals surface area (Å²) in [5, 5.41) is 12.9. The molecule has 5 nitrogen and oxygen atoms in total. The Balaban J connectivity index is 1.90. The molecule has 1 aliphatic carbocycles. The van der Waals surface area contributed by atoms with Crippen molar-refractivity contribution < 1.29 is 19.3 Å². The van der Waals surface area contributed by atoms with Gasteiger partial charge in [-0.05, 0) is 32.6 Å². The summed E-state index contributed by atoms with van der Waals surface area (Å²) in [5.41, 5.74) is -0.153. The molecular formula is C14H29NO4. The first-order chi connectivity index (χ1) is 9.20. The van der Waals surface area contributed by atoms with Crippen molar-refractivity contribution in [1.82, 2.24) is 5.32 Å². The predicted molar refractivity (Wildman–Crippen MR) is 74.4 cm³/mol. The second-order valence-corrected chi connectivity index (χ2v) is 5.46. The van der Waals surface area contributed by atoms with Gasteiger partial charge in [-0.2, -0.15) is 0 Å². The average Bonchev–Trinajstić information content (AvgIpc) is 3.20. The highest BCUT2D eigenvalue weighted by molar-refractivity contribution is 4.92. The number of hydrogen-bond donors (Lipinski definition) is 2. The minimum absolute atomic E-state index is 0.153. The van der Waals surface area contributed by atoms with Crippen molar-refractivity contribution in [2.45, 2.75) is 44.2 Å². The van der Waals surface area contributed by atoms with Crippen molar-refractivity contribution in [1.29, 1.82) is 0 Å². The summed E-state index contributed by atoms with van der Waals surface area (Å²) >= 11 is 0. The first-order valence-corrected chi connectivity index (χ1v) is 7.23. The van der Waals surface area contributed by atoms with Crippen LogP contribution >= 0.6 is 0 Å². The van der Waals surface area contributed by atoms with Gasteiger partial charge in [0.2, 0.25) is 0 Å². The summed E-state index contributed by atoms with van der Waals surface area (Å²) in [4.78, 5) is 0. The summed E-state index contributed by atoms with van der Waals surface area (Å²) in [5.74, 6) is 0. The molecule has 0 spiro atoms. The van der Waals surface area contributed by atoms with Crippen LogP contribution in [0.25, 0.3) is 0 Å². The molecule has 2 N–H and O–H groups in total. The standard InChI is InChI=1S/C14H29NO4/c1-14(12-16,15-13-4-5-13)6-3-7-18-10-11-19-9-8-17-2/h13,15-16H,3-12H2,1-2H3. The topological polar surface area (TPSA) is 60.0 Å². The quantitative estimate of drug-likeness (QED) is 0.490. The largest absolute Gasteiger partial charge is 0.394 e. The molecule has 1 rings (SSSR count). The van der Waals surface area contributed by atoms with Crippen LogP contribution in [0, 0.1) is 0 Å². The average molecular weight is 275 g/mol. The lowest BCUT2D eigenvalue weighted by molar-refractivity contribution is 0.0221. The lowest BCUT2D eigenvalue weighted by atomic mass is 9.97. The van der Waals surface area contributed by atoms with E-state index < -0.39 is 0 Å². The Hall–Kier alpha value is -0.200. The highest BCUT2D eigenvalue weighted by atomic mass is 16.5. The zero-order chi connectivity index (χ0) is 14.0. The Morgan fingerprint density at radius 2 is 1.74 bits per heavy atom. The molecule has 5 heteroatoms. The SMILES string of the molecule is COCCOCCOCCCC(C)(CO)NC1CC1. The molecule has 0 aliphatic heterocycles. The minimum Gasteiger partial charge on any atom is -0.394 e. The van der Waals surface area contributed by atoms with E-state index in [4.69, 9.17) is 14.2 Å². The molecule has 0 aromatic carbocycles. The number of aliphatic hydroxyl groups is 1. The molecule has 0 bridgehead atoms. The third-order valence-corrected chi connectivity index (χ3v) is 3.30. The van der Waals surface area contributed by atoms with Crippen molar-refractivity contribution in [3.63, 3.8) is 0 Å². The van der Waals surface area contributed by atoms with Crippen LogP contribution in [0.4, 0.5) is 0 Å². The highest BCUT2D eigenvalue weighted by Crippen LogP contribution is 2.24. The zero-order valence-electron chi connectivity index (χ0n) is 12.3. The molecule has 0 aromatic rings. The summed E-state index contributed by atoms with van der Waals surface area (Å²) in [6.07, 6.45) is 4.37. The smallest absolute Gasteiger partial charge is 0.0701 e. The van der Waals surface area contributed by atoms with Gasteiger partial charge < -0.3 is 24.6 Å². The maximum Gasteiger partial charge on any atom is 0.0701 e. The van der Waals surface area contributed by atoms with Crippen LogP contribution in [-0.4, -0.2) is 63.4 Å². The van der Waals surface area contributed by atoms with Gasteiger partial charge in [0.25, 0.3) is 0 Å². The van der Waals surface area contributed by atoms with Crippen molar-refractivity contribution in [2.75, 3.05) is 46.8 Å². The molecule has 114 valence electrons. The van der Waals surface area contributed by atoms with E-state index in [1.165, 1.54) is 12.8 Å². The second kappa shape index (κ2) is 9.66. The summed E-state index contributed by atoms with van der Waals surface area (Å²) < 4.78 is 15.7. The molecule has 19 heavy (non-hydrogen) atoms. The number of aliphatic hydroxyl groups excluding tert-OH is 1. The lowest BCUT2D eigenvalue weighted by Gasteiger charge is -2.29. The molecule has 0 radical (unpaired) electrons. The van der Waals surface area contributed by atoms with Crippen LogP contribution < -0.4 is 5.32 Å².